The molecule has 1 aliphatic rings. The smallest absolute Gasteiger partial charge is 0.224 e. The molecule has 0 radical (unpaired) electrons. The number of hydrogen-bond acceptors (Lipinski definition) is 3. The summed E-state index contributed by atoms with van der Waals surface area (Å²) in [7, 11) is 4.18. The van der Waals surface area contributed by atoms with Crippen molar-refractivity contribution in [1.82, 2.24) is 9.80 Å². The minimum absolute atomic E-state index is 0.173. The highest BCUT2D eigenvalue weighted by molar-refractivity contribution is 5.90. The normalized spacial score (nSPS) is 20.0. The van der Waals surface area contributed by atoms with Crippen LogP contribution in [0, 0.1) is 17.6 Å². The van der Waals surface area contributed by atoms with Crippen LogP contribution in [0.25, 0.3) is 0 Å². The van der Waals surface area contributed by atoms with Gasteiger partial charge < -0.3 is 10.2 Å². The quantitative estimate of drug-likeness (QED) is 0.758. The molecule has 0 bridgehead atoms. The van der Waals surface area contributed by atoms with E-state index in [1.807, 2.05) is 6.07 Å². The van der Waals surface area contributed by atoms with E-state index in [0.717, 1.165) is 44.6 Å². The zero-order chi connectivity index (χ0) is 20.8. The fourth-order valence-electron chi connectivity index (χ4n) is 4.16. The fourth-order valence-corrected chi connectivity index (χ4v) is 4.16. The third-order valence-electron chi connectivity index (χ3n) is 5.64. The molecule has 156 valence electrons. The summed E-state index contributed by atoms with van der Waals surface area (Å²) in [5, 5.41) is 2.67. The van der Waals surface area contributed by atoms with Crippen molar-refractivity contribution in [2.24, 2.45) is 5.92 Å². The third-order valence-corrected chi connectivity index (χ3v) is 5.64. The largest absolute Gasteiger partial charge is 0.326 e. The summed E-state index contributed by atoms with van der Waals surface area (Å²) in [4.78, 5) is 17.0. The molecule has 1 heterocycles. The van der Waals surface area contributed by atoms with Crippen LogP contribution in [0.2, 0.25) is 0 Å². The second-order valence-corrected chi connectivity index (χ2v) is 8.02. The second-order valence-electron chi connectivity index (χ2n) is 8.02. The first kappa shape index (κ1) is 21.4. The summed E-state index contributed by atoms with van der Waals surface area (Å²) < 4.78 is 26.4. The van der Waals surface area contributed by atoms with Crippen molar-refractivity contribution in [1.29, 1.82) is 0 Å². The molecule has 0 aliphatic carbocycles. The van der Waals surface area contributed by atoms with Gasteiger partial charge in [0.05, 0.1) is 0 Å². The number of halogens is 2. The first-order valence-electron chi connectivity index (χ1n) is 10.1. The van der Waals surface area contributed by atoms with Gasteiger partial charge in [-0.3, -0.25) is 9.69 Å². The number of nitrogens with one attached hydrogen (secondary N) is 1. The Morgan fingerprint density at radius 2 is 1.90 bits per heavy atom. The number of hydrogen-bond donors (Lipinski definition) is 1. The van der Waals surface area contributed by atoms with Gasteiger partial charge >= 0.3 is 0 Å². The molecular weight excluding hydrogens is 372 g/mol. The molecule has 0 aromatic heterocycles. The highest BCUT2D eigenvalue weighted by atomic mass is 19.2. The van der Waals surface area contributed by atoms with E-state index in [1.54, 1.807) is 0 Å². The molecule has 0 unspecified atom stereocenters. The van der Waals surface area contributed by atoms with E-state index in [2.05, 4.69) is 53.5 Å². The van der Waals surface area contributed by atoms with Crippen LogP contribution in [0.3, 0.4) is 0 Å². The first-order chi connectivity index (χ1) is 13.9. The standard InChI is InChI=1S/C23H29F2N3O/c1-27(2)22-12-13-28(15-17-6-4-3-5-7-17)16-18(22)8-11-23(29)26-19-9-10-20(24)21(25)14-19/h3-7,9-10,14,18,22H,8,11-13,15-16H2,1-2H3,(H,26,29)/t18-,22+/m0/s1. The van der Waals surface area contributed by atoms with Crippen LogP contribution in [-0.2, 0) is 11.3 Å². The summed E-state index contributed by atoms with van der Waals surface area (Å²) in [5.41, 5.74) is 1.58. The summed E-state index contributed by atoms with van der Waals surface area (Å²) in [6, 6.07) is 14.3. The molecule has 3 rings (SSSR count). The Balaban J connectivity index is 1.56. The number of carbonyl (C=O) groups is 1. The van der Waals surface area contributed by atoms with Gasteiger partial charge in [-0.2, -0.15) is 0 Å². The number of anilines is 1. The molecule has 1 aliphatic heterocycles. The van der Waals surface area contributed by atoms with Gasteiger partial charge in [-0.05, 0) is 57.1 Å². The zero-order valence-corrected chi connectivity index (χ0v) is 17.1. The summed E-state index contributed by atoms with van der Waals surface area (Å²) in [6.45, 7) is 2.89. The van der Waals surface area contributed by atoms with Gasteiger partial charge in [-0.15, -0.1) is 0 Å². The maximum atomic E-state index is 13.3. The number of piperidine rings is 1. The summed E-state index contributed by atoms with van der Waals surface area (Å²) in [6.07, 6.45) is 2.17. The molecule has 0 spiro atoms. The van der Waals surface area contributed by atoms with Gasteiger partial charge in [-0.25, -0.2) is 8.78 Å². The molecule has 1 fully saturated rings. The summed E-state index contributed by atoms with van der Waals surface area (Å²) in [5.74, 6) is -1.68. The minimum Gasteiger partial charge on any atom is -0.326 e. The van der Waals surface area contributed by atoms with Gasteiger partial charge in [0.2, 0.25) is 5.91 Å². The maximum Gasteiger partial charge on any atom is 0.224 e. The number of nitrogens with zero attached hydrogens (tertiary/aromatic N) is 2. The van der Waals surface area contributed by atoms with Gasteiger partial charge in [0.15, 0.2) is 11.6 Å². The van der Waals surface area contributed by atoms with Gasteiger partial charge in [0.1, 0.15) is 0 Å². The van der Waals surface area contributed by atoms with Crippen LogP contribution in [-0.4, -0.2) is 48.9 Å². The van der Waals surface area contributed by atoms with Crippen LogP contribution in [0.1, 0.15) is 24.8 Å². The van der Waals surface area contributed by atoms with Crippen LogP contribution in [0.5, 0.6) is 0 Å². The average Bonchev–Trinajstić information content (AvgIpc) is 2.70. The SMILES string of the molecule is CN(C)[C@@H]1CCN(Cc2ccccc2)C[C@@H]1CCC(=O)Nc1ccc(F)c(F)c1. The molecular formula is C23H29F2N3O. The van der Waals surface area contributed by atoms with Crippen molar-refractivity contribution >= 4 is 11.6 Å². The molecule has 6 heteroatoms. The van der Waals surface area contributed by atoms with Crippen molar-refractivity contribution < 1.29 is 13.6 Å². The minimum atomic E-state index is -0.959. The predicted molar refractivity (Wildman–Crippen MR) is 112 cm³/mol. The van der Waals surface area contributed by atoms with E-state index < -0.39 is 11.6 Å². The second kappa shape index (κ2) is 9.94. The Labute approximate surface area is 171 Å². The van der Waals surface area contributed by atoms with Crippen molar-refractivity contribution in [3.8, 4) is 0 Å². The van der Waals surface area contributed by atoms with Gasteiger partial charge in [0.25, 0.3) is 0 Å². The Bertz CT molecular complexity index is 813. The predicted octanol–water partition coefficient (Wildman–Crippen LogP) is 4.14. The maximum absolute atomic E-state index is 13.3. The molecule has 4 nitrogen and oxygen atoms in total. The molecule has 1 amide bonds. The van der Waals surface area contributed by atoms with Gasteiger partial charge in [0, 0.05) is 37.3 Å². The number of carbonyl (C=O) groups excluding carboxylic acids is 1. The Hall–Kier alpha value is -2.31. The van der Waals surface area contributed by atoms with Crippen LogP contribution < -0.4 is 5.32 Å². The highest BCUT2D eigenvalue weighted by Gasteiger charge is 2.30. The molecule has 1 saturated heterocycles. The van der Waals surface area contributed by atoms with Gasteiger partial charge in [-0.1, -0.05) is 30.3 Å². The Morgan fingerprint density at radius 1 is 1.14 bits per heavy atom. The van der Waals surface area contributed by atoms with E-state index in [4.69, 9.17) is 0 Å². The van der Waals surface area contributed by atoms with E-state index in [9.17, 15) is 13.6 Å². The van der Waals surface area contributed by atoms with E-state index >= 15 is 0 Å². The average molecular weight is 402 g/mol. The van der Waals surface area contributed by atoms with Crippen molar-refractivity contribution in [2.75, 3.05) is 32.5 Å². The molecule has 1 N–H and O–H groups in total. The lowest BCUT2D eigenvalue weighted by molar-refractivity contribution is -0.116. The van der Waals surface area contributed by atoms with E-state index in [-0.39, 0.29) is 11.6 Å². The molecule has 2 aromatic rings. The lowest BCUT2D eigenvalue weighted by Crippen LogP contribution is -2.48. The Morgan fingerprint density at radius 3 is 2.59 bits per heavy atom. The molecule has 0 saturated carbocycles. The van der Waals surface area contributed by atoms with Crippen LogP contribution >= 0.6 is 0 Å². The molecule has 2 aromatic carbocycles. The zero-order valence-electron chi connectivity index (χ0n) is 17.1. The Kier molecular flexibility index (Phi) is 7.34. The third kappa shape index (κ3) is 6.08. The molecule has 2 atom stereocenters. The van der Waals surface area contributed by atoms with Crippen molar-refractivity contribution in [2.45, 2.75) is 31.8 Å². The van der Waals surface area contributed by atoms with Crippen LogP contribution in [0.4, 0.5) is 14.5 Å². The topological polar surface area (TPSA) is 35.6 Å². The van der Waals surface area contributed by atoms with Crippen LogP contribution in [0.15, 0.2) is 48.5 Å². The van der Waals surface area contributed by atoms with Crippen molar-refractivity contribution in [3.63, 3.8) is 0 Å². The lowest BCUT2D eigenvalue weighted by atomic mass is 9.87. The first-order valence-corrected chi connectivity index (χ1v) is 10.1. The lowest BCUT2D eigenvalue weighted by Gasteiger charge is -2.41. The number of benzene rings is 2. The van der Waals surface area contributed by atoms with E-state index in [0.29, 0.717) is 18.4 Å². The number of rotatable bonds is 7. The van der Waals surface area contributed by atoms with Crippen molar-refractivity contribution in [3.05, 3.63) is 65.7 Å². The molecule has 29 heavy (non-hydrogen) atoms. The number of likely N-dealkylation sites (tertiary alicyclic amines) is 1. The number of amides is 1. The monoisotopic (exact) mass is 401 g/mol. The highest BCUT2D eigenvalue weighted by Crippen LogP contribution is 2.26. The fraction of sp³-hybridized carbons (Fsp3) is 0.435. The van der Waals surface area contributed by atoms with E-state index in [1.165, 1.54) is 11.6 Å². The summed E-state index contributed by atoms with van der Waals surface area (Å²) >= 11 is 0.